The van der Waals surface area contributed by atoms with Gasteiger partial charge in [-0.15, -0.1) is 0 Å². The van der Waals surface area contributed by atoms with Crippen LogP contribution in [0, 0.1) is 5.92 Å². The van der Waals surface area contributed by atoms with Crippen LogP contribution in [0.25, 0.3) is 0 Å². The van der Waals surface area contributed by atoms with E-state index in [-0.39, 0.29) is 18.4 Å². The van der Waals surface area contributed by atoms with Gasteiger partial charge in [-0.2, -0.15) is 0 Å². The molecule has 1 aromatic carbocycles. The first-order valence-electron chi connectivity index (χ1n) is 9.38. The maximum Gasteiger partial charge on any atom is 0.408 e. The van der Waals surface area contributed by atoms with Gasteiger partial charge < -0.3 is 25.6 Å². The number of anilines is 1. The Hall–Kier alpha value is -2.44. The minimum atomic E-state index is -1.11. The first-order chi connectivity index (χ1) is 12.6. The number of amides is 1. The normalized spacial score (nSPS) is 17.1. The number of rotatable bonds is 7. The fourth-order valence-electron chi connectivity index (χ4n) is 3.29. The van der Waals surface area contributed by atoms with Gasteiger partial charge in [-0.25, -0.2) is 9.59 Å². The minimum Gasteiger partial charge on any atom is -0.490 e. The number of carbonyl (C=O) groups is 2. The molecular formula is C20H30N2O5. The van der Waals surface area contributed by atoms with E-state index in [0.29, 0.717) is 11.4 Å². The third kappa shape index (κ3) is 7.00. The quantitative estimate of drug-likeness (QED) is 0.626. The zero-order chi connectivity index (χ0) is 20.0. The second-order valence-electron chi connectivity index (χ2n) is 8.04. The molecule has 0 heterocycles. The van der Waals surface area contributed by atoms with Crippen LogP contribution in [0.1, 0.15) is 52.9 Å². The van der Waals surface area contributed by atoms with Gasteiger partial charge >= 0.3 is 12.1 Å². The molecule has 1 aliphatic carbocycles. The first-order valence-corrected chi connectivity index (χ1v) is 9.38. The molecule has 1 amide bonds. The zero-order valence-electron chi connectivity index (χ0n) is 16.2. The van der Waals surface area contributed by atoms with Crippen LogP contribution in [-0.2, 0) is 9.53 Å². The second kappa shape index (κ2) is 8.97. The van der Waals surface area contributed by atoms with Crippen LogP contribution in [0.2, 0.25) is 0 Å². The topological polar surface area (TPSA) is 111 Å². The van der Waals surface area contributed by atoms with Crippen molar-refractivity contribution in [3.05, 3.63) is 24.3 Å². The fourth-order valence-corrected chi connectivity index (χ4v) is 3.29. The number of ether oxygens (including phenoxy) is 2. The molecule has 1 fully saturated rings. The molecule has 4 N–H and O–H groups in total. The number of nitrogens with one attached hydrogen (secondary N) is 1. The maximum absolute atomic E-state index is 12.0. The summed E-state index contributed by atoms with van der Waals surface area (Å²) in [6.07, 6.45) is 3.28. The fraction of sp³-hybridized carbons (Fsp3) is 0.600. The Labute approximate surface area is 160 Å². The molecule has 2 atom stereocenters. The summed E-state index contributed by atoms with van der Waals surface area (Å²) in [6, 6.07) is 5.95. The number of carboxylic acid groups (broad SMARTS) is 1. The van der Waals surface area contributed by atoms with Crippen molar-refractivity contribution in [1.82, 2.24) is 5.32 Å². The third-order valence-corrected chi connectivity index (χ3v) is 4.55. The van der Waals surface area contributed by atoms with Gasteiger partial charge in [0.25, 0.3) is 0 Å². The van der Waals surface area contributed by atoms with E-state index in [1.54, 1.807) is 45.0 Å². The monoisotopic (exact) mass is 378 g/mol. The summed E-state index contributed by atoms with van der Waals surface area (Å²) in [4.78, 5) is 23.7. The highest BCUT2D eigenvalue weighted by Gasteiger charge is 2.33. The Morgan fingerprint density at radius 2 is 1.81 bits per heavy atom. The van der Waals surface area contributed by atoms with Crippen molar-refractivity contribution in [3.8, 4) is 5.75 Å². The average molecular weight is 378 g/mol. The van der Waals surface area contributed by atoms with E-state index in [4.69, 9.17) is 15.2 Å². The zero-order valence-corrected chi connectivity index (χ0v) is 16.2. The van der Waals surface area contributed by atoms with Crippen molar-refractivity contribution in [2.75, 3.05) is 5.73 Å². The van der Waals surface area contributed by atoms with Crippen molar-refractivity contribution in [3.63, 3.8) is 0 Å². The van der Waals surface area contributed by atoms with Crippen molar-refractivity contribution in [2.45, 2.75) is 70.6 Å². The van der Waals surface area contributed by atoms with E-state index in [9.17, 15) is 14.7 Å². The molecule has 2 rings (SSSR count). The second-order valence-corrected chi connectivity index (χ2v) is 8.04. The number of alkyl carbamates (subject to hydrolysis) is 1. The highest BCUT2D eigenvalue weighted by molar-refractivity contribution is 5.80. The average Bonchev–Trinajstić information content (AvgIpc) is 3.08. The number of aliphatic carboxylic acids is 1. The highest BCUT2D eigenvalue weighted by atomic mass is 16.6. The van der Waals surface area contributed by atoms with Crippen molar-refractivity contribution >= 4 is 17.7 Å². The molecule has 2 unspecified atom stereocenters. The molecule has 150 valence electrons. The smallest absolute Gasteiger partial charge is 0.408 e. The van der Waals surface area contributed by atoms with E-state index in [2.05, 4.69) is 5.32 Å². The van der Waals surface area contributed by atoms with E-state index in [0.717, 1.165) is 25.7 Å². The van der Waals surface area contributed by atoms with E-state index in [1.165, 1.54) is 0 Å². The van der Waals surface area contributed by atoms with Gasteiger partial charge in [0.15, 0.2) is 0 Å². The van der Waals surface area contributed by atoms with E-state index < -0.39 is 23.7 Å². The van der Waals surface area contributed by atoms with Crippen LogP contribution < -0.4 is 15.8 Å². The van der Waals surface area contributed by atoms with Crippen LogP contribution in [0.3, 0.4) is 0 Å². The lowest BCUT2D eigenvalue weighted by molar-refractivity contribution is -0.140. The van der Waals surface area contributed by atoms with Crippen molar-refractivity contribution in [2.24, 2.45) is 5.92 Å². The molecule has 7 nitrogen and oxygen atoms in total. The molecule has 0 radical (unpaired) electrons. The lowest BCUT2D eigenvalue weighted by atomic mass is 9.94. The predicted octanol–water partition coefficient (Wildman–Crippen LogP) is 3.57. The summed E-state index contributed by atoms with van der Waals surface area (Å²) in [5, 5.41) is 12.0. The van der Waals surface area contributed by atoms with E-state index >= 15 is 0 Å². The molecule has 27 heavy (non-hydrogen) atoms. The Morgan fingerprint density at radius 1 is 1.22 bits per heavy atom. The molecule has 0 aromatic heterocycles. The van der Waals surface area contributed by atoms with Crippen molar-refractivity contribution < 1.29 is 24.2 Å². The van der Waals surface area contributed by atoms with Crippen LogP contribution in [0.4, 0.5) is 10.5 Å². The number of carboxylic acids is 1. The Morgan fingerprint density at radius 3 is 2.33 bits per heavy atom. The lowest BCUT2D eigenvalue weighted by Gasteiger charge is -2.28. The van der Waals surface area contributed by atoms with E-state index in [1.807, 2.05) is 0 Å². The predicted molar refractivity (Wildman–Crippen MR) is 103 cm³/mol. The molecular weight excluding hydrogens is 348 g/mol. The lowest BCUT2D eigenvalue weighted by Crippen LogP contribution is -2.46. The van der Waals surface area contributed by atoms with Gasteiger partial charge in [-0.05, 0) is 63.8 Å². The first kappa shape index (κ1) is 20.9. The molecule has 0 spiro atoms. The molecule has 0 aliphatic heterocycles. The van der Waals surface area contributed by atoms with Crippen LogP contribution in [0.5, 0.6) is 5.75 Å². The third-order valence-electron chi connectivity index (χ3n) is 4.55. The molecule has 1 saturated carbocycles. The Bertz CT molecular complexity index is 633. The molecule has 0 bridgehead atoms. The van der Waals surface area contributed by atoms with Gasteiger partial charge in [0.1, 0.15) is 23.5 Å². The van der Waals surface area contributed by atoms with Crippen LogP contribution in [0.15, 0.2) is 24.3 Å². The standard InChI is InChI=1S/C20H30N2O5/c1-20(2,3)27-19(25)22-16(18(23)24)12-17(13-6-4-5-7-13)26-15-10-8-14(21)9-11-15/h8-11,13,16-17H,4-7,12,21H2,1-3H3,(H,22,25)(H,23,24). The van der Waals surface area contributed by atoms with Gasteiger partial charge in [-0.1, -0.05) is 12.8 Å². The summed E-state index contributed by atoms with van der Waals surface area (Å²) in [5.41, 5.74) is 5.65. The van der Waals surface area contributed by atoms with Gasteiger partial charge in [0.2, 0.25) is 0 Å². The summed E-state index contributed by atoms with van der Waals surface area (Å²) >= 11 is 0. The maximum atomic E-state index is 12.0. The molecule has 1 aromatic rings. The number of nitrogens with two attached hydrogens (primary N) is 1. The summed E-state index contributed by atoms with van der Waals surface area (Å²) in [6.45, 7) is 5.19. The number of hydrogen-bond donors (Lipinski definition) is 3. The Kier molecular flexibility index (Phi) is 6.93. The SMILES string of the molecule is CC(C)(C)OC(=O)NC(CC(Oc1ccc(N)cc1)C1CCCC1)C(=O)O. The van der Waals surface area contributed by atoms with Crippen LogP contribution in [-0.4, -0.2) is 34.9 Å². The number of benzene rings is 1. The summed E-state index contributed by atoms with van der Waals surface area (Å²) in [7, 11) is 0. The number of carbonyl (C=O) groups excluding carboxylic acids is 1. The number of nitrogen functional groups attached to an aromatic ring is 1. The van der Waals surface area contributed by atoms with Crippen LogP contribution >= 0.6 is 0 Å². The number of hydrogen-bond acceptors (Lipinski definition) is 5. The highest BCUT2D eigenvalue weighted by Crippen LogP contribution is 2.32. The minimum absolute atomic E-state index is 0.170. The summed E-state index contributed by atoms with van der Waals surface area (Å²) < 4.78 is 11.3. The summed E-state index contributed by atoms with van der Waals surface area (Å²) in [5.74, 6) is -0.211. The molecule has 0 saturated heterocycles. The van der Waals surface area contributed by atoms with Gasteiger partial charge in [-0.3, -0.25) is 0 Å². The molecule has 7 heteroatoms. The van der Waals surface area contributed by atoms with Gasteiger partial charge in [0.05, 0.1) is 0 Å². The Balaban J connectivity index is 2.09. The largest absolute Gasteiger partial charge is 0.490 e. The van der Waals surface area contributed by atoms with Gasteiger partial charge in [0, 0.05) is 12.1 Å². The van der Waals surface area contributed by atoms with Crippen molar-refractivity contribution in [1.29, 1.82) is 0 Å². The molecule has 1 aliphatic rings.